The fourth-order valence-electron chi connectivity index (χ4n) is 4.57. The first-order chi connectivity index (χ1) is 22.0. The number of fused-ring (bicyclic) bond motifs is 1. The molecule has 3 aromatic carbocycles. The maximum Gasteiger partial charge on any atom is 0.249 e. The molecule has 0 spiro atoms. The van der Waals surface area contributed by atoms with E-state index >= 15 is 0 Å². The lowest BCUT2D eigenvalue weighted by Crippen LogP contribution is -2.13. The van der Waals surface area contributed by atoms with Crippen LogP contribution >= 0.6 is 11.6 Å². The van der Waals surface area contributed by atoms with E-state index in [1.807, 2.05) is 6.07 Å². The van der Waals surface area contributed by atoms with Gasteiger partial charge in [-0.05, 0) is 42.0 Å². The van der Waals surface area contributed by atoms with Gasteiger partial charge in [-0.3, -0.25) is 4.98 Å². The second kappa shape index (κ2) is 12.2. The maximum atomic E-state index is 14.3. The number of nitrogens with one attached hydrogen (secondary N) is 2. The molecular weight excluding hydrogens is 615 g/mol. The van der Waals surface area contributed by atoms with E-state index in [1.165, 1.54) is 42.7 Å². The van der Waals surface area contributed by atoms with Crippen LogP contribution in [-0.2, 0) is 6.54 Å². The quantitative estimate of drug-likeness (QED) is 0.133. The molecule has 8 nitrogen and oxygen atoms in total. The number of nitrogens with zero attached hydrogens (tertiary/aromatic N) is 6. The summed E-state index contributed by atoms with van der Waals surface area (Å²) in [6.45, 7) is -0.330. The van der Waals surface area contributed by atoms with Crippen LogP contribution in [0, 0.1) is 40.5 Å². The third kappa shape index (κ3) is 6.09. The number of pyridine rings is 2. The standard InChI is InChI=1S/C31H18ClF5N8/c32-23-9-19(8-21-28(17(11-38)12-39-30(21)23)42-20-10-26(36)31(37)40-13-20)41-29(16-4-6-18(33)7-5-16)27-15-45(44-43-27)14-22-24(34)2-1-3-25(22)35/h1-10,12-13,15,29,41H,14H2,(H,39,42)/t29-/m1/s1/i29D. The third-order valence-electron chi connectivity index (χ3n) is 6.69. The van der Waals surface area contributed by atoms with Gasteiger partial charge < -0.3 is 10.6 Å². The number of anilines is 3. The van der Waals surface area contributed by atoms with Crippen LogP contribution < -0.4 is 10.6 Å². The summed E-state index contributed by atoms with van der Waals surface area (Å²) >= 11 is 6.60. The van der Waals surface area contributed by atoms with Gasteiger partial charge in [0, 0.05) is 28.9 Å². The monoisotopic (exact) mass is 633 g/mol. The van der Waals surface area contributed by atoms with Crippen molar-refractivity contribution in [3.8, 4) is 6.07 Å². The molecule has 45 heavy (non-hydrogen) atoms. The second-order valence-corrected chi connectivity index (χ2v) is 10.1. The van der Waals surface area contributed by atoms with E-state index in [0.29, 0.717) is 0 Å². The molecule has 3 aromatic heterocycles. The van der Waals surface area contributed by atoms with E-state index in [4.69, 9.17) is 11.6 Å². The third-order valence-corrected chi connectivity index (χ3v) is 6.98. The van der Waals surface area contributed by atoms with Gasteiger partial charge >= 0.3 is 0 Å². The van der Waals surface area contributed by atoms with Crippen LogP contribution in [0.15, 0.2) is 79.3 Å². The average molecular weight is 634 g/mol. The first-order valence-corrected chi connectivity index (χ1v) is 13.4. The molecule has 3 heterocycles. The fourth-order valence-corrected chi connectivity index (χ4v) is 4.83. The Bertz CT molecular complexity index is 2130. The number of hydrogen-bond donors (Lipinski definition) is 2. The lowest BCUT2D eigenvalue weighted by molar-refractivity contribution is 0.480. The number of nitriles is 1. The molecule has 6 aromatic rings. The minimum Gasteiger partial charge on any atom is -0.373 e. The molecule has 0 saturated heterocycles. The molecule has 0 unspecified atom stereocenters. The molecule has 0 aliphatic carbocycles. The van der Waals surface area contributed by atoms with Crippen LogP contribution in [0.5, 0.6) is 0 Å². The van der Waals surface area contributed by atoms with Gasteiger partial charge in [-0.25, -0.2) is 27.2 Å². The molecule has 0 fully saturated rings. The van der Waals surface area contributed by atoms with Gasteiger partial charge in [-0.15, -0.1) is 5.10 Å². The zero-order valence-electron chi connectivity index (χ0n) is 23.7. The molecular formula is C31H18ClF5N8. The average Bonchev–Trinajstić information content (AvgIpc) is 3.51. The van der Waals surface area contributed by atoms with Crippen molar-refractivity contribution in [3.05, 3.63) is 136 Å². The van der Waals surface area contributed by atoms with E-state index in [-0.39, 0.29) is 61.9 Å². The van der Waals surface area contributed by atoms with Gasteiger partial charge in [-0.1, -0.05) is 35.0 Å². The minimum atomic E-state index is -1.98. The Morgan fingerprint density at radius 1 is 0.933 bits per heavy atom. The maximum absolute atomic E-state index is 14.3. The highest BCUT2D eigenvalue weighted by Crippen LogP contribution is 2.37. The molecule has 0 bridgehead atoms. The van der Waals surface area contributed by atoms with Gasteiger partial charge in [0.15, 0.2) is 5.82 Å². The Morgan fingerprint density at radius 2 is 1.69 bits per heavy atom. The van der Waals surface area contributed by atoms with Crippen LogP contribution in [0.1, 0.15) is 29.8 Å². The Labute approximate surface area is 258 Å². The van der Waals surface area contributed by atoms with Crippen LogP contribution in [0.3, 0.4) is 0 Å². The first-order valence-electron chi connectivity index (χ1n) is 13.5. The SMILES string of the molecule is [2H][C@@](Nc1cc(Cl)c2ncc(C#N)c(Nc3cnc(F)c(F)c3)c2c1)(c1ccc(F)cc1)c1cn(Cc2c(F)cccc2F)nn1. The molecule has 1 atom stereocenters. The van der Waals surface area contributed by atoms with Gasteiger partial charge in [0.2, 0.25) is 5.95 Å². The highest BCUT2D eigenvalue weighted by Gasteiger charge is 2.21. The zero-order chi connectivity index (χ0) is 32.6. The van der Waals surface area contributed by atoms with Crippen LogP contribution in [0.4, 0.5) is 39.0 Å². The summed E-state index contributed by atoms with van der Waals surface area (Å²) in [5, 5.41) is 24.1. The summed E-state index contributed by atoms with van der Waals surface area (Å²) in [5.41, 5.74) is 0.565. The van der Waals surface area contributed by atoms with E-state index in [9.17, 15) is 28.6 Å². The molecule has 6 rings (SSSR count). The van der Waals surface area contributed by atoms with Gasteiger partial charge in [-0.2, -0.15) is 9.65 Å². The smallest absolute Gasteiger partial charge is 0.249 e. The van der Waals surface area contributed by atoms with E-state index < -0.39 is 35.2 Å². The summed E-state index contributed by atoms with van der Waals surface area (Å²) in [4.78, 5) is 7.62. The number of benzene rings is 3. The van der Waals surface area contributed by atoms with E-state index in [1.54, 1.807) is 0 Å². The summed E-state index contributed by atoms with van der Waals surface area (Å²) in [6, 6.07) is 12.3. The Hall–Kier alpha value is -5.61. The van der Waals surface area contributed by atoms with Crippen molar-refractivity contribution in [2.24, 2.45) is 0 Å². The highest BCUT2D eigenvalue weighted by molar-refractivity contribution is 6.36. The predicted molar refractivity (Wildman–Crippen MR) is 156 cm³/mol. The highest BCUT2D eigenvalue weighted by atomic mass is 35.5. The predicted octanol–water partition coefficient (Wildman–Crippen LogP) is 7.44. The van der Waals surface area contributed by atoms with Crippen molar-refractivity contribution < 1.29 is 23.3 Å². The van der Waals surface area contributed by atoms with Gasteiger partial charge in [0.05, 0.1) is 53.8 Å². The molecule has 0 radical (unpaired) electrons. The lowest BCUT2D eigenvalue weighted by Gasteiger charge is -2.20. The Balaban J connectivity index is 1.45. The van der Waals surface area contributed by atoms with Gasteiger partial charge in [0.1, 0.15) is 29.2 Å². The van der Waals surface area contributed by atoms with Crippen molar-refractivity contribution in [1.82, 2.24) is 25.0 Å². The van der Waals surface area contributed by atoms with E-state index in [0.717, 1.165) is 41.2 Å². The second-order valence-electron chi connectivity index (χ2n) is 9.64. The number of rotatable bonds is 8. The fraction of sp³-hybridized carbons (Fsp3) is 0.0645. The molecule has 14 heteroatoms. The number of hydrogen-bond acceptors (Lipinski definition) is 7. The van der Waals surface area contributed by atoms with Crippen LogP contribution in [0.2, 0.25) is 5.02 Å². The van der Waals surface area contributed by atoms with Gasteiger partial charge in [0.25, 0.3) is 0 Å². The van der Waals surface area contributed by atoms with Crippen molar-refractivity contribution in [2.75, 3.05) is 10.6 Å². The lowest BCUT2D eigenvalue weighted by atomic mass is 10.0. The normalized spacial score (nSPS) is 12.8. The molecule has 224 valence electrons. The number of aromatic nitrogens is 5. The summed E-state index contributed by atoms with van der Waals surface area (Å²) < 4.78 is 80.6. The van der Waals surface area contributed by atoms with Crippen molar-refractivity contribution in [3.63, 3.8) is 0 Å². The molecule has 0 aliphatic heterocycles. The zero-order valence-corrected chi connectivity index (χ0v) is 23.4. The van der Waals surface area contributed by atoms with E-state index in [2.05, 4.69) is 30.9 Å². The van der Waals surface area contributed by atoms with Crippen molar-refractivity contribution in [2.45, 2.75) is 12.6 Å². The molecule has 0 saturated carbocycles. The minimum absolute atomic E-state index is 0.0258. The van der Waals surface area contributed by atoms with Crippen molar-refractivity contribution in [1.29, 1.82) is 5.26 Å². The largest absolute Gasteiger partial charge is 0.373 e. The molecule has 0 aliphatic rings. The van der Waals surface area contributed by atoms with Crippen LogP contribution in [-0.4, -0.2) is 25.0 Å². The number of halogens is 6. The topological polar surface area (TPSA) is 104 Å². The first kappa shape index (κ1) is 28.2. The summed E-state index contributed by atoms with van der Waals surface area (Å²) in [5.74, 6) is -4.65. The Morgan fingerprint density at radius 3 is 2.40 bits per heavy atom. The van der Waals surface area contributed by atoms with Crippen molar-refractivity contribution >= 4 is 39.6 Å². The Kier molecular flexibility index (Phi) is 7.62. The van der Waals surface area contributed by atoms with Crippen LogP contribution in [0.25, 0.3) is 10.9 Å². The summed E-state index contributed by atoms with van der Waals surface area (Å²) in [7, 11) is 0. The molecule has 2 N–H and O–H groups in total. The molecule has 0 amide bonds. The summed E-state index contributed by atoms with van der Waals surface area (Å²) in [6.07, 6.45) is 3.60.